The van der Waals surface area contributed by atoms with Crippen LogP contribution in [0.1, 0.15) is 12.8 Å². The Bertz CT molecular complexity index is 661. The highest BCUT2D eigenvalue weighted by atomic mass is 35.5. The van der Waals surface area contributed by atoms with E-state index in [-0.39, 0.29) is 22.4 Å². The van der Waals surface area contributed by atoms with E-state index in [0.717, 1.165) is 25.9 Å². The summed E-state index contributed by atoms with van der Waals surface area (Å²) in [6, 6.07) is 4.82. The van der Waals surface area contributed by atoms with Crippen LogP contribution in [-0.2, 0) is 0 Å². The molecule has 1 saturated heterocycles. The molecule has 110 valence electrons. The summed E-state index contributed by atoms with van der Waals surface area (Å²) in [4.78, 5) is 14.5. The molecule has 0 atom stereocenters. The van der Waals surface area contributed by atoms with Crippen molar-refractivity contribution in [2.45, 2.75) is 12.8 Å². The first-order chi connectivity index (χ1) is 10.2. The molecule has 0 N–H and O–H groups in total. The minimum Gasteiger partial charge on any atom is -0.494 e. The Kier molecular flexibility index (Phi) is 3.88. The van der Waals surface area contributed by atoms with Crippen LogP contribution in [0, 0.1) is 5.82 Å². The monoisotopic (exact) mass is 308 g/mol. The Hall–Kier alpha value is -1.95. The molecule has 0 amide bonds. The van der Waals surface area contributed by atoms with E-state index in [1.165, 1.54) is 7.11 Å². The molecule has 1 aliphatic rings. The van der Waals surface area contributed by atoms with Crippen LogP contribution in [0.25, 0.3) is 11.4 Å². The molecule has 21 heavy (non-hydrogen) atoms. The van der Waals surface area contributed by atoms with E-state index in [2.05, 4.69) is 15.0 Å². The highest BCUT2D eigenvalue weighted by molar-refractivity contribution is 6.28. The molecule has 1 aliphatic heterocycles. The predicted molar refractivity (Wildman–Crippen MR) is 78.2 cm³/mol. The molecule has 0 unspecified atom stereocenters. The van der Waals surface area contributed by atoms with Gasteiger partial charge in [0.1, 0.15) is 0 Å². The summed E-state index contributed by atoms with van der Waals surface area (Å²) < 4.78 is 19.3. The van der Waals surface area contributed by atoms with Crippen molar-refractivity contribution in [3.63, 3.8) is 0 Å². The summed E-state index contributed by atoms with van der Waals surface area (Å²) in [7, 11) is 1.41. The van der Waals surface area contributed by atoms with Crippen molar-refractivity contribution in [1.29, 1.82) is 0 Å². The lowest BCUT2D eigenvalue weighted by Crippen LogP contribution is -2.21. The second-order valence-electron chi connectivity index (χ2n) is 4.74. The second-order valence-corrected chi connectivity index (χ2v) is 5.08. The van der Waals surface area contributed by atoms with Crippen LogP contribution in [0.5, 0.6) is 5.75 Å². The number of ether oxygens (including phenoxy) is 1. The van der Waals surface area contributed by atoms with Gasteiger partial charge >= 0.3 is 0 Å². The fourth-order valence-corrected chi connectivity index (χ4v) is 2.52. The molecule has 5 nitrogen and oxygen atoms in total. The van der Waals surface area contributed by atoms with Gasteiger partial charge in [0.25, 0.3) is 0 Å². The van der Waals surface area contributed by atoms with Gasteiger partial charge in [0.15, 0.2) is 17.4 Å². The fourth-order valence-electron chi connectivity index (χ4n) is 2.36. The highest BCUT2D eigenvalue weighted by Gasteiger charge is 2.19. The summed E-state index contributed by atoms with van der Waals surface area (Å²) in [5, 5.41) is 0.0594. The lowest BCUT2D eigenvalue weighted by atomic mass is 10.2. The van der Waals surface area contributed by atoms with Crippen molar-refractivity contribution in [2.75, 3.05) is 25.1 Å². The van der Waals surface area contributed by atoms with E-state index >= 15 is 0 Å². The lowest BCUT2D eigenvalue weighted by Gasteiger charge is -2.15. The van der Waals surface area contributed by atoms with Crippen LogP contribution >= 0.6 is 11.6 Å². The maximum atomic E-state index is 14.3. The Morgan fingerprint density at radius 3 is 2.67 bits per heavy atom. The molecule has 1 fully saturated rings. The fraction of sp³-hybridized carbons (Fsp3) is 0.357. The zero-order valence-corrected chi connectivity index (χ0v) is 12.3. The van der Waals surface area contributed by atoms with E-state index < -0.39 is 5.82 Å². The summed E-state index contributed by atoms with van der Waals surface area (Å²) >= 11 is 5.96. The van der Waals surface area contributed by atoms with Gasteiger partial charge < -0.3 is 9.64 Å². The minimum absolute atomic E-state index is 0.0594. The molecule has 7 heteroatoms. The molecule has 1 aromatic carbocycles. The molecule has 0 aliphatic carbocycles. The van der Waals surface area contributed by atoms with E-state index in [4.69, 9.17) is 16.3 Å². The predicted octanol–water partition coefficient (Wildman–Crippen LogP) is 2.94. The average molecular weight is 309 g/mol. The first-order valence-corrected chi connectivity index (χ1v) is 7.06. The van der Waals surface area contributed by atoms with Crippen LogP contribution in [0.2, 0.25) is 5.28 Å². The Morgan fingerprint density at radius 1 is 1.19 bits per heavy atom. The third-order valence-corrected chi connectivity index (χ3v) is 3.58. The van der Waals surface area contributed by atoms with Crippen molar-refractivity contribution in [3.05, 3.63) is 29.3 Å². The van der Waals surface area contributed by atoms with Crippen molar-refractivity contribution < 1.29 is 9.13 Å². The summed E-state index contributed by atoms with van der Waals surface area (Å²) in [6.45, 7) is 1.75. The zero-order valence-electron chi connectivity index (χ0n) is 11.5. The molecule has 0 bridgehead atoms. The van der Waals surface area contributed by atoms with Crippen molar-refractivity contribution >= 4 is 17.5 Å². The van der Waals surface area contributed by atoms with Crippen LogP contribution in [0.15, 0.2) is 18.2 Å². The van der Waals surface area contributed by atoms with E-state index in [1.807, 2.05) is 4.90 Å². The van der Waals surface area contributed by atoms with E-state index in [1.54, 1.807) is 18.2 Å². The first-order valence-electron chi connectivity index (χ1n) is 6.68. The number of rotatable bonds is 3. The molecule has 2 heterocycles. The van der Waals surface area contributed by atoms with Gasteiger partial charge in [-0.15, -0.1) is 0 Å². The van der Waals surface area contributed by atoms with Gasteiger partial charge in [-0.25, -0.2) is 4.39 Å². The second kappa shape index (κ2) is 5.81. The number of nitrogens with zero attached hydrogens (tertiary/aromatic N) is 4. The number of halogens is 2. The van der Waals surface area contributed by atoms with Gasteiger partial charge in [0.05, 0.1) is 12.7 Å². The standard InChI is InChI=1S/C14H14ClFN4O/c1-21-10-6-4-5-9(11(10)16)12-17-13(15)19-14(18-12)20-7-2-3-8-20/h4-6H,2-3,7-8H2,1H3. The lowest BCUT2D eigenvalue weighted by molar-refractivity contribution is 0.387. The van der Waals surface area contributed by atoms with Crippen LogP contribution in [0.3, 0.4) is 0 Å². The summed E-state index contributed by atoms with van der Waals surface area (Å²) in [5.74, 6) is 0.347. The van der Waals surface area contributed by atoms with Crippen LogP contribution in [-0.4, -0.2) is 35.2 Å². The van der Waals surface area contributed by atoms with Gasteiger partial charge in [-0.2, -0.15) is 15.0 Å². The molecular weight excluding hydrogens is 295 g/mol. The van der Waals surface area contributed by atoms with Gasteiger partial charge in [0.2, 0.25) is 11.2 Å². The SMILES string of the molecule is COc1cccc(-c2nc(Cl)nc(N3CCCC3)n2)c1F. The molecule has 0 spiro atoms. The quantitative estimate of drug-likeness (QED) is 0.872. The summed E-state index contributed by atoms with van der Waals surface area (Å²) in [6.07, 6.45) is 2.18. The number of aromatic nitrogens is 3. The number of methoxy groups -OCH3 is 1. The van der Waals surface area contributed by atoms with Crippen molar-refractivity contribution in [3.8, 4) is 17.1 Å². The number of benzene rings is 1. The van der Waals surface area contributed by atoms with E-state index in [9.17, 15) is 4.39 Å². The molecule has 2 aromatic rings. The third kappa shape index (κ3) is 2.76. The van der Waals surface area contributed by atoms with Crippen LogP contribution < -0.4 is 9.64 Å². The van der Waals surface area contributed by atoms with Crippen molar-refractivity contribution in [1.82, 2.24) is 15.0 Å². The summed E-state index contributed by atoms with van der Waals surface area (Å²) in [5.41, 5.74) is 0.249. The topological polar surface area (TPSA) is 51.1 Å². The van der Waals surface area contributed by atoms with Gasteiger partial charge in [-0.1, -0.05) is 6.07 Å². The molecule has 0 saturated carbocycles. The number of hydrogen-bond donors (Lipinski definition) is 0. The van der Waals surface area contributed by atoms with E-state index in [0.29, 0.717) is 5.95 Å². The first kappa shape index (κ1) is 14.0. The van der Waals surface area contributed by atoms with Crippen LogP contribution in [0.4, 0.5) is 10.3 Å². The molecule has 3 rings (SSSR count). The molecule has 0 radical (unpaired) electrons. The maximum absolute atomic E-state index is 14.3. The number of hydrogen-bond acceptors (Lipinski definition) is 5. The van der Waals surface area contributed by atoms with Gasteiger partial charge in [0, 0.05) is 13.1 Å². The maximum Gasteiger partial charge on any atom is 0.230 e. The third-order valence-electron chi connectivity index (χ3n) is 3.41. The Balaban J connectivity index is 2.06. The highest BCUT2D eigenvalue weighted by Crippen LogP contribution is 2.28. The minimum atomic E-state index is -0.505. The Morgan fingerprint density at radius 2 is 1.95 bits per heavy atom. The van der Waals surface area contributed by atoms with Gasteiger partial charge in [-0.3, -0.25) is 0 Å². The smallest absolute Gasteiger partial charge is 0.230 e. The molecule has 1 aromatic heterocycles. The number of anilines is 1. The normalized spacial score (nSPS) is 14.5. The Labute approximate surface area is 126 Å². The zero-order chi connectivity index (χ0) is 14.8. The van der Waals surface area contributed by atoms with Crippen molar-refractivity contribution in [2.24, 2.45) is 0 Å². The average Bonchev–Trinajstić information content (AvgIpc) is 3.01. The molecular formula is C14H14ClFN4O. The largest absolute Gasteiger partial charge is 0.494 e. The van der Waals surface area contributed by atoms with Gasteiger partial charge in [-0.05, 0) is 36.6 Å².